The van der Waals surface area contributed by atoms with E-state index in [4.69, 9.17) is 10.00 Å². The number of anilines is 1. The lowest BCUT2D eigenvalue weighted by atomic mass is 9.99. The molecular weight excluding hydrogens is 330 g/mol. The van der Waals surface area contributed by atoms with Crippen LogP contribution in [0, 0.1) is 17.2 Å². The summed E-state index contributed by atoms with van der Waals surface area (Å²) in [7, 11) is -3.48. The second kappa shape index (κ2) is 8.13. The predicted molar refractivity (Wildman–Crippen MR) is 89.9 cm³/mol. The molecule has 0 aliphatic carbocycles. The van der Waals surface area contributed by atoms with Gasteiger partial charge in [0.15, 0.2) is 0 Å². The number of ether oxygens (including phenoxy) is 1. The summed E-state index contributed by atoms with van der Waals surface area (Å²) in [6, 6.07) is 8.28. The van der Waals surface area contributed by atoms with Gasteiger partial charge in [0.2, 0.25) is 15.9 Å². The maximum atomic E-state index is 12.1. The lowest BCUT2D eigenvalue weighted by Gasteiger charge is -2.24. The predicted octanol–water partition coefficient (Wildman–Crippen LogP) is 0.867. The summed E-state index contributed by atoms with van der Waals surface area (Å²) in [4.78, 5) is 12.1. The molecule has 1 amide bonds. The highest BCUT2D eigenvalue weighted by atomic mass is 32.2. The average molecular weight is 351 g/mol. The number of sulfonamides is 1. The minimum atomic E-state index is -3.48. The molecule has 2 rings (SSSR count). The van der Waals surface area contributed by atoms with Crippen molar-refractivity contribution in [2.45, 2.75) is 12.8 Å². The van der Waals surface area contributed by atoms with Crippen LogP contribution in [-0.2, 0) is 19.6 Å². The van der Waals surface area contributed by atoms with Crippen molar-refractivity contribution in [2.24, 2.45) is 5.92 Å². The molecule has 0 saturated carbocycles. The number of benzene rings is 1. The lowest BCUT2D eigenvalue weighted by molar-refractivity contribution is -0.127. The first-order valence-electron chi connectivity index (χ1n) is 7.75. The van der Waals surface area contributed by atoms with E-state index < -0.39 is 10.0 Å². The first kappa shape index (κ1) is 18.2. The van der Waals surface area contributed by atoms with Crippen molar-refractivity contribution in [1.82, 2.24) is 5.32 Å². The van der Waals surface area contributed by atoms with Crippen molar-refractivity contribution in [3.05, 3.63) is 29.8 Å². The number of hydrogen-bond acceptors (Lipinski definition) is 5. The third kappa shape index (κ3) is 4.94. The summed E-state index contributed by atoms with van der Waals surface area (Å²) in [5.74, 6) is -0.132. The first-order valence-corrected chi connectivity index (χ1v) is 9.60. The molecule has 8 heteroatoms. The molecule has 0 radical (unpaired) electrons. The summed E-state index contributed by atoms with van der Waals surface area (Å²) in [6.45, 7) is 1.53. The molecule has 1 aromatic rings. The first-order chi connectivity index (χ1) is 11.4. The summed E-state index contributed by atoms with van der Waals surface area (Å²) in [6.07, 6.45) is 2.50. The highest BCUT2D eigenvalue weighted by Crippen LogP contribution is 2.18. The van der Waals surface area contributed by atoms with Crippen LogP contribution in [0.1, 0.15) is 18.4 Å². The van der Waals surface area contributed by atoms with E-state index in [1.54, 1.807) is 24.3 Å². The standard InChI is InChI=1S/C16H21N3O4S/c1-24(21,22)19(15-4-2-13(12-17)3-5-15)9-8-18-16(20)14-6-10-23-11-7-14/h2-5,14H,6-11H2,1H3,(H,18,20). The van der Waals surface area contributed by atoms with Gasteiger partial charge in [0, 0.05) is 25.7 Å². The molecule has 1 aliphatic heterocycles. The molecule has 1 saturated heterocycles. The number of nitrogens with one attached hydrogen (secondary N) is 1. The van der Waals surface area contributed by atoms with Gasteiger partial charge in [0.25, 0.3) is 0 Å². The van der Waals surface area contributed by atoms with Crippen LogP contribution in [0.4, 0.5) is 5.69 Å². The van der Waals surface area contributed by atoms with Gasteiger partial charge in [0.05, 0.1) is 30.1 Å². The van der Waals surface area contributed by atoms with E-state index in [-0.39, 0.29) is 24.9 Å². The van der Waals surface area contributed by atoms with Crippen LogP contribution in [0.5, 0.6) is 0 Å². The van der Waals surface area contributed by atoms with Gasteiger partial charge in [-0.25, -0.2) is 8.42 Å². The third-order valence-electron chi connectivity index (χ3n) is 3.89. The van der Waals surface area contributed by atoms with E-state index in [1.807, 2.05) is 6.07 Å². The summed E-state index contributed by atoms with van der Waals surface area (Å²) >= 11 is 0. The normalized spacial score (nSPS) is 15.5. The Bertz CT molecular complexity index is 704. The molecule has 1 aromatic carbocycles. The highest BCUT2D eigenvalue weighted by Gasteiger charge is 2.22. The Morgan fingerprint density at radius 2 is 1.96 bits per heavy atom. The zero-order chi connectivity index (χ0) is 17.6. The number of carbonyl (C=O) groups excluding carboxylic acids is 1. The van der Waals surface area contributed by atoms with E-state index in [0.29, 0.717) is 37.3 Å². The van der Waals surface area contributed by atoms with E-state index in [0.717, 1.165) is 6.26 Å². The summed E-state index contributed by atoms with van der Waals surface area (Å²) < 4.78 is 30.4. The van der Waals surface area contributed by atoms with E-state index >= 15 is 0 Å². The van der Waals surface area contributed by atoms with Crippen molar-refractivity contribution >= 4 is 21.6 Å². The molecule has 0 unspecified atom stereocenters. The molecule has 1 heterocycles. The Balaban J connectivity index is 1.97. The Hall–Kier alpha value is -2.11. The minimum absolute atomic E-state index is 0.0634. The molecule has 24 heavy (non-hydrogen) atoms. The Morgan fingerprint density at radius 1 is 1.33 bits per heavy atom. The van der Waals surface area contributed by atoms with Crippen LogP contribution < -0.4 is 9.62 Å². The number of nitrogens with zero attached hydrogens (tertiary/aromatic N) is 2. The van der Waals surface area contributed by atoms with Gasteiger partial charge < -0.3 is 10.1 Å². The molecule has 0 aromatic heterocycles. The van der Waals surface area contributed by atoms with Crippen LogP contribution in [0.3, 0.4) is 0 Å². The fourth-order valence-corrected chi connectivity index (χ4v) is 3.50. The summed E-state index contributed by atoms with van der Waals surface area (Å²) in [5, 5.41) is 11.6. The second-order valence-electron chi connectivity index (χ2n) is 5.67. The van der Waals surface area contributed by atoms with Crippen molar-refractivity contribution in [1.29, 1.82) is 5.26 Å². The third-order valence-corrected chi connectivity index (χ3v) is 5.08. The lowest BCUT2D eigenvalue weighted by Crippen LogP contribution is -2.41. The molecule has 0 spiro atoms. The van der Waals surface area contributed by atoms with Gasteiger partial charge in [-0.1, -0.05) is 0 Å². The summed E-state index contributed by atoms with van der Waals surface area (Å²) in [5.41, 5.74) is 0.928. The number of nitriles is 1. The number of hydrogen-bond donors (Lipinski definition) is 1. The van der Waals surface area contributed by atoms with Gasteiger partial charge in [0.1, 0.15) is 0 Å². The van der Waals surface area contributed by atoms with Gasteiger partial charge in [-0.15, -0.1) is 0 Å². The molecule has 130 valence electrons. The van der Waals surface area contributed by atoms with Crippen molar-refractivity contribution in [3.63, 3.8) is 0 Å². The molecule has 7 nitrogen and oxygen atoms in total. The quantitative estimate of drug-likeness (QED) is 0.820. The molecule has 1 aliphatic rings. The highest BCUT2D eigenvalue weighted by molar-refractivity contribution is 7.92. The molecule has 1 N–H and O–H groups in total. The fourth-order valence-electron chi connectivity index (χ4n) is 2.57. The SMILES string of the molecule is CS(=O)(=O)N(CCNC(=O)C1CCOCC1)c1ccc(C#N)cc1. The van der Waals surface area contributed by atoms with E-state index in [9.17, 15) is 13.2 Å². The van der Waals surface area contributed by atoms with Crippen LogP contribution in [0.2, 0.25) is 0 Å². The zero-order valence-electron chi connectivity index (χ0n) is 13.6. The van der Waals surface area contributed by atoms with Crippen LogP contribution in [-0.4, -0.2) is 46.9 Å². The molecule has 1 fully saturated rings. The zero-order valence-corrected chi connectivity index (χ0v) is 14.4. The molecular formula is C16H21N3O4S. The van der Waals surface area contributed by atoms with Crippen LogP contribution in [0.25, 0.3) is 0 Å². The second-order valence-corrected chi connectivity index (χ2v) is 7.58. The van der Waals surface area contributed by atoms with E-state index in [2.05, 4.69) is 5.32 Å². The maximum absolute atomic E-state index is 12.1. The maximum Gasteiger partial charge on any atom is 0.232 e. The van der Waals surface area contributed by atoms with Gasteiger partial charge in [-0.3, -0.25) is 9.10 Å². The fraction of sp³-hybridized carbons (Fsp3) is 0.500. The van der Waals surface area contributed by atoms with Gasteiger partial charge in [-0.2, -0.15) is 5.26 Å². The van der Waals surface area contributed by atoms with Gasteiger partial charge >= 0.3 is 0 Å². The number of amides is 1. The average Bonchev–Trinajstić information content (AvgIpc) is 2.58. The monoisotopic (exact) mass is 351 g/mol. The largest absolute Gasteiger partial charge is 0.381 e. The Labute approximate surface area is 142 Å². The molecule has 0 atom stereocenters. The van der Waals surface area contributed by atoms with Crippen molar-refractivity contribution in [2.75, 3.05) is 36.9 Å². The van der Waals surface area contributed by atoms with Crippen LogP contribution in [0.15, 0.2) is 24.3 Å². The molecule has 0 bridgehead atoms. The smallest absolute Gasteiger partial charge is 0.232 e. The van der Waals surface area contributed by atoms with Crippen molar-refractivity contribution in [3.8, 4) is 6.07 Å². The van der Waals surface area contributed by atoms with Crippen LogP contribution >= 0.6 is 0 Å². The minimum Gasteiger partial charge on any atom is -0.381 e. The number of rotatable bonds is 6. The topological polar surface area (TPSA) is 99.5 Å². The van der Waals surface area contributed by atoms with Gasteiger partial charge in [-0.05, 0) is 37.1 Å². The van der Waals surface area contributed by atoms with E-state index in [1.165, 1.54) is 4.31 Å². The Morgan fingerprint density at radius 3 is 2.50 bits per heavy atom. The van der Waals surface area contributed by atoms with Crippen molar-refractivity contribution < 1.29 is 17.9 Å². The Kier molecular flexibility index (Phi) is 6.17. The number of carbonyl (C=O) groups is 1.